The highest BCUT2D eigenvalue weighted by Crippen LogP contribution is 2.19. The molecule has 0 aromatic heterocycles. The van der Waals surface area contributed by atoms with Gasteiger partial charge < -0.3 is 15.4 Å². The molecule has 1 aromatic carbocycles. The Labute approximate surface area is 170 Å². The van der Waals surface area contributed by atoms with E-state index < -0.39 is 22.8 Å². The summed E-state index contributed by atoms with van der Waals surface area (Å²) in [6.07, 6.45) is -4.38. The number of hydrogen-bond donors (Lipinski definition) is 2. The molecule has 0 aliphatic rings. The van der Waals surface area contributed by atoms with Crippen molar-refractivity contribution in [3.63, 3.8) is 0 Å². The standard InChI is InChI=1S/C18H29F3N4O3S/c1-4-22-17(23-11-12-29(26,27)25(5-2)6-3)24-13-15-7-9-16(10-8-15)28-14-18(19,20)21/h7-10H,4-6,11-14H2,1-3H3,(H2,22,23,24). The maximum atomic E-state index is 12.2. The predicted molar refractivity (Wildman–Crippen MR) is 108 cm³/mol. The third kappa shape index (κ3) is 9.84. The zero-order valence-electron chi connectivity index (χ0n) is 16.9. The molecule has 2 N–H and O–H groups in total. The number of benzene rings is 1. The number of hydrogen-bond acceptors (Lipinski definition) is 4. The smallest absolute Gasteiger partial charge is 0.422 e. The van der Waals surface area contributed by atoms with Crippen molar-refractivity contribution in [1.29, 1.82) is 0 Å². The fraction of sp³-hybridized carbons (Fsp3) is 0.611. The lowest BCUT2D eigenvalue weighted by Gasteiger charge is -2.19. The van der Waals surface area contributed by atoms with Crippen LogP contribution >= 0.6 is 0 Å². The van der Waals surface area contributed by atoms with Crippen molar-refractivity contribution in [3.8, 4) is 5.75 Å². The van der Waals surface area contributed by atoms with E-state index in [-0.39, 0.29) is 24.6 Å². The van der Waals surface area contributed by atoms with Gasteiger partial charge in [0, 0.05) is 26.2 Å². The molecule has 29 heavy (non-hydrogen) atoms. The van der Waals surface area contributed by atoms with Gasteiger partial charge >= 0.3 is 6.18 Å². The second-order valence-corrected chi connectivity index (χ2v) is 8.16. The summed E-state index contributed by atoms with van der Waals surface area (Å²) in [5.41, 5.74) is 0.775. The average Bonchev–Trinajstić information content (AvgIpc) is 2.65. The molecule has 0 fully saturated rings. The van der Waals surface area contributed by atoms with E-state index in [2.05, 4.69) is 20.4 Å². The summed E-state index contributed by atoms with van der Waals surface area (Å²) in [6, 6.07) is 6.16. The monoisotopic (exact) mass is 438 g/mol. The topological polar surface area (TPSA) is 83.0 Å². The summed E-state index contributed by atoms with van der Waals surface area (Å²) in [6.45, 7) is 6.06. The minimum Gasteiger partial charge on any atom is -0.484 e. The fourth-order valence-electron chi connectivity index (χ4n) is 2.41. The van der Waals surface area contributed by atoms with Crippen molar-refractivity contribution in [2.24, 2.45) is 4.99 Å². The molecule has 0 spiro atoms. The molecule has 1 rings (SSSR count). The van der Waals surface area contributed by atoms with Gasteiger partial charge in [-0.05, 0) is 24.6 Å². The number of guanidine groups is 1. The molecule has 0 atom stereocenters. The van der Waals surface area contributed by atoms with Gasteiger partial charge in [-0.15, -0.1) is 0 Å². The Morgan fingerprint density at radius 2 is 1.72 bits per heavy atom. The van der Waals surface area contributed by atoms with Crippen LogP contribution in [0.15, 0.2) is 29.3 Å². The molecule has 166 valence electrons. The summed E-state index contributed by atoms with van der Waals surface area (Å²) in [4.78, 5) is 4.37. The number of aliphatic imine (C=N–C) groups is 1. The van der Waals surface area contributed by atoms with Gasteiger partial charge in [0.2, 0.25) is 10.0 Å². The highest BCUT2D eigenvalue weighted by molar-refractivity contribution is 7.89. The largest absolute Gasteiger partial charge is 0.484 e. The minimum absolute atomic E-state index is 0.0513. The van der Waals surface area contributed by atoms with Crippen LogP contribution < -0.4 is 15.4 Å². The van der Waals surface area contributed by atoms with Crippen molar-refractivity contribution in [1.82, 2.24) is 14.9 Å². The van der Waals surface area contributed by atoms with Crippen LogP contribution in [0.5, 0.6) is 5.75 Å². The van der Waals surface area contributed by atoms with E-state index in [1.807, 2.05) is 6.92 Å². The van der Waals surface area contributed by atoms with Crippen LogP contribution in [0.25, 0.3) is 0 Å². The van der Waals surface area contributed by atoms with Crippen LogP contribution in [-0.4, -0.2) is 63.4 Å². The summed E-state index contributed by atoms with van der Waals surface area (Å²) in [7, 11) is -3.33. The molecule has 0 radical (unpaired) electrons. The summed E-state index contributed by atoms with van der Waals surface area (Å²) in [5, 5.41) is 6.01. The number of rotatable bonds is 11. The lowest BCUT2D eigenvalue weighted by molar-refractivity contribution is -0.153. The zero-order chi connectivity index (χ0) is 21.9. The Balaban J connectivity index is 2.61. The summed E-state index contributed by atoms with van der Waals surface area (Å²) >= 11 is 0. The van der Waals surface area contributed by atoms with Crippen LogP contribution in [0.4, 0.5) is 13.2 Å². The average molecular weight is 439 g/mol. The molecule has 0 aliphatic heterocycles. The van der Waals surface area contributed by atoms with Crippen LogP contribution in [0.2, 0.25) is 0 Å². The molecule has 0 amide bonds. The van der Waals surface area contributed by atoms with Gasteiger partial charge in [-0.3, -0.25) is 0 Å². The molecule has 0 aliphatic carbocycles. The van der Waals surface area contributed by atoms with Gasteiger partial charge in [-0.1, -0.05) is 26.0 Å². The number of alkyl halides is 3. The number of sulfonamides is 1. The minimum atomic E-state index is -4.38. The molecule has 0 unspecified atom stereocenters. The lowest BCUT2D eigenvalue weighted by atomic mass is 10.2. The predicted octanol–water partition coefficient (Wildman–Crippen LogP) is 2.35. The van der Waals surface area contributed by atoms with Crippen LogP contribution in [0, 0.1) is 0 Å². The van der Waals surface area contributed by atoms with E-state index in [1.54, 1.807) is 26.0 Å². The maximum absolute atomic E-state index is 12.2. The van der Waals surface area contributed by atoms with Crippen molar-refractivity contribution in [2.45, 2.75) is 33.5 Å². The summed E-state index contributed by atoms with van der Waals surface area (Å²) < 4.78 is 67.0. The van der Waals surface area contributed by atoms with Gasteiger partial charge in [-0.2, -0.15) is 13.2 Å². The van der Waals surface area contributed by atoms with Crippen LogP contribution in [0.3, 0.4) is 0 Å². The Morgan fingerprint density at radius 3 is 2.24 bits per heavy atom. The molecular weight excluding hydrogens is 409 g/mol. The second-order valence-electron chi connectivity index (χ2n) is 6.07. The number of halogens is 3. The Bertz CT molecular complexity index is 734. The van der Waals surface area contributed by atoms with Crippen molar-refractivity contribution < 1.29 is 26.3 Å². The normalized spacial score (nSPS) is 12.9. The first-order valence-corrected chi connectivity index (χ1v) is 11.0. The first-order chi connectivity index (χ1) is 13.6. The fourth-order valence-corrected chi connectivity index (χ4v) is 3.82. The number of nitrogens with zero attached hydrogens (tertiary/aromatic N) is 2. The zero-order valence-corrected chi connectivity index (χ0v) is 17.7. The van der Waals surface area contributed by atoms with Crippen molar-refractivity contribution in [3.05, 3.63) is 29.8 Å². The third-order valence-corrected chi connectivity index (χ3v) is 5.86. The van der Waals surface area contributed by atoms with Crippen molar-refractivity contribution >= 4 is 16.0 Å². The van der Waals surface area contributed by atoms with E-state index in [0.717, 1.165) is 5.56 Å². The Morgan fingerprint density at radius 1 is 1.10 bits per heavy atom. The van der Waals surface area contributed by atoms with Crippen LogP contribution in [-0.2, 0) is 16.6 Å². The molecule has 11 heteroatoms. The van der Waals surface area contributed by atoms with E-state index in [9.17, 15) is 21.6 Å². The van der Waals surface area contributed by atoms with E-state index in [1.165, 1.54) is 16.4 Å². The lowest BCUT2D eigenvalue weighted by Crippen LogP contribution is -2.42. The number of nitrogens with one attached hydrogen (secondary N) is 2. The second kappa shape index (κ2) is 11.9. The Hall–Kier alpha value is -2.01. The highest BCUT2D eigenvalue weighted by Gasteiger charge is 2.28. The Kier molecular flexibility index (Phi) is 10.2. The van der Waals surface area contributed by atoms with Gasteiger partial charge in [-0.25, -0.2) is 17.7 Å². The van der Waals surface area contributed by atoms with Crippen LogP contribution in [0.1, 0.15) is 26.3 Å². The van der Waals surface area contributed by atoms with E-state index in [0.29, 0.717) is 25.6 Å². The number of ether oxygens (including phenoxy) is 1. The summed E-state index contributed by atoms with van der Waals surface area (Å²) in [5.74, 6) is 0.533. The quantitative estimate of drug-likeness (QED) is 0.409. The highest BCUT2D eigenvalue weighted by atomic mass is 32.2. The molecule has 7 nitrogen and oxygen atoms in total. The molecular formula is C18H29F3N4O3S. The van der Waals surface area contributed by atoms with Gasteiger partial charge in [0.25, 0.3) is 0 Å². The first-order valence-electron chi connectivity index (χ1n) is 9.39. The first kappa shape index (κ1) is 25.0. The maximum Gasteiger partial charge on any atom is 0.422 e. The third-order valence-electron chi connectivity index (χ3n) is 3.84. The van der Waals surface area contributed by atoms with E-state index in [4.69, 9.17) is 0 Å². The molecule has 1 aromatic rings. The van der Waals surface area contributed by atoms with E-state index >= 15 is 0 Å². The molecule has 0 saturated carbocycles. The van der Waals surface area contributed by atoms with Gasteiger partial charge in [0.1, 0.15) is 5.75 Å². The van der Waals surface area contributed by atoms with Gasteiger partial charge in [0.05, 0.1) is 12.3 Å². The molecule has 0 saturated heterocycles. The van der Waals surface area contributed by atoms with Gasteiger partial charge in [0.15, 0.2) is 12.6 Å². The van der Waals surface area contributed by atoms with Crippen molar-refractivity contribution in [2.75, 3.05) is 38.5 Å². The molecule has 0 bridgehead atoms. The SMILES string of the molecule is CCNC(=NCc1ccc(OCC(F)(F)F)cc1)NCCS(=O)(=O)N(CC)CC. The molecule has 0 heterocycles.